The Bertz CT molecular complexity index is 1620. The lowest BCUT2D eigenvalue weighted by Gasteiger charge is -2.48. The second kappa shape index (κ2) is 16.9. The lowest BCUT2D eigenvalue weighted by Crippen LogP contribution is -2.63. The standard InChI is InChI=1S/C40H53N5O2/c1-29(2)23-37-28-44(39(46)19-16-30-14-17-32-9-3-5-11-34(32)24-30)36(13-7-8-21-43-22-20-41)27-45(37)40(47)38(42)26-31-15-18-33-10-4-6-12-35(33)25-31/h3-6,9-12,14-15,17-18,24-25,29,36-38,43H,7-8,13,16,19-23,26-28,41-42H2,1-2H3/t36-,37+,38+/m0/s1. The molecule has 1 aliphatic rings. The molecule has 3 atom stereocenters. The summed E-state index contributed by atoms with van der Waals surface area (Å²) in [6.07, 6.45) is 5.29. The van der Waals surface area contributed by atoms with Crippen molar-refractivity contribution in [2.45, 2.75) is 76.9 Å². The summed E-state index contributed by atoms with van der Waals surface area (Å²) < 4.78 is 0. The van der Waals surface area contributed by atoms with Crippen molar-refractivity contribution in [2.75, 3.05) is 32.7 Å². The molecule has 0 spiro atoms. The number of aryl methyl sites for hydroxylation is 1. The van der Waals surface area contributed by atoms with Gasteiger partial charge in [-0.25, -0.2) is 0 Å². The smallest absolute Gasteiger partial charge is 0.240 e. The van der Waals surface area contributed by atoms with E-state index >= 15 is 0 Å². The third kappa shape index (κ3) is 9.40. The van der Waals surface area contributed by atoms with Crippen LogP contribution in [-0.2, 0) is 22.4 Å². The molecule has 250 valence electrons. The number of hydrogen-bond acceptors (Lipinski definition) is 5. The summed E-state index contributed by atoms with van der Waals surface area (Å²) in [5.41, 5.74) is 14.6. The molecule has 0 unspecified atom stereocenters. The summed E-state index contributed by atoms with van der Waals surface area (Å²) in [4.78, 5) is 32.2. The Morgan fingerprint density at radius 2 is 1.40 bits per heavy atom. The van der Waals surface area contributed by atoms with Gasteiger partial charge >= 0.3 is 0 Å². The van der Waals surface area contributed by atoms with Crippen LogP contribution in [0, 0.1) is 5.92 Å². The van der Waals surface area contributed by atoms with Crippen LogP contribution in [0.15, 0.2) is 84.9 Å². The van der Waals surface area contributed by atoms with Crippen molar-refractivity contribution in [1.82, 2.24) is 15.1 Å². The van der Waals surface area contributed by atoms with Gasteiger partial charge in [-0.2, -0.15) is 0 Å². The molecule has 1 saturated heterocycles. The summed E-state index contributed by atoms with van der Waals surface area (Å²) >= 11 is 0. The average molecular weight is 636 g/mol. The van der Waals surface area contributed by atoms with Crippen molar-refractivity contribution < 1.29 is 9.59 Å². The van der Waals surface area contributed by atoms with E-state index in [1.807, 2.05) is 23.1 Å². The number of benzene rings is 4. The number of piperazine rings is 1. The minimum atomic E-state index is -0.637. The number of nitrogens with two attached hydrogens (primary N) is 2. The van der Waals surface area contributed by atoms with Crippen molar-refractivity contribution in [3.05, 3.63) is 96.1 Å². The third-order valence-electron chi connectivity index (χ3n) is 9.53. The molecule has 7 nitrogen and oxygen atoms in total. The molecule has 2 amide bonds. The lowest BCUT2D eigenvalue weighted by molar-refractivity contribution is -0.148. The maximum atomic E-state index is 14.1. The maximum Gasteiger partial charge on any atom is 0.240 e. The molecule has 4 aromatic carbocycles. The number of hydrogen-bond donors (Lipinski definition) is 3. The molecule has 0 aliphatic carbocycles. The predicted octanol–water partition coefficient (Wildman–Crippen LogP) is 5.67. The molecule has 0 aromatic heterocycles. The summed E-state index contributed by atoms with van der Waals surface area (Å²) in [5.74, 6) is 0.541. The molecule has 7 heteroatoms. The first kappa shape index (κ1) is 34.6. The number of fused-ring (bicyclic) bond motifs is 2. The van der Waals surface area contributed by atoms with E-state index in [-0.39, 0.29) is 23.9 Å². The van der Waals surface area contributed by atoms with Crippen molar-refractivity contribution in [2.24, 2.45) is 17.4 Å². The molecule has 0 saturated carbocycles. The average Bonchev–Trinajstić information content (AvgIpc) is 3.08. The van der Waals surface area contributed by atoms with E-state index < -0.39 is 6.04 Å². The van der Waals surface area contributed by atoms with Crippen LogP contribution >= 0.6 is 0 Å². The van der Waals surface area contributed by atoms with Gasteiger partial charge in [0.1, 0.15) is 0 Å². The Morgan fingerprint density at radius 3 is 2.06 bits per heavy atom. The van der Waals surface area contributed by atoms with Gasteiger partial charge in [-0.1, -0.05) is 105 Å². The van der Waals surface area contributed by atoms with Crippen LogP contribution in [0.3, 0.4) is 0 Å². The van der Waals surface area contributed by atoms with E-state index in [1.54, 1.807) is 0 Å². The molecule has 5 rings (SSSR count). The Morgan fingerprint density at radius 1 is 0.787 bits per heavy atom. The predicted molar refractivity (Wildman–Crippen MR) is 194 cm³/mol. The highest BCUT2D eigenvalue weighted by atomic mass is 16.2. The SMILES string of the molecule is CC(C)C[C@@H]1CN(C(=O)CCc2ccc3ccccc3c2)[C@@H](CCCCNCCN)CN1C(=O)[C@H](N)Cc1ccc2ccccc2c1. The fourth-order valence-electron chi connectivity index (χ4n) is 7.08. The number of nitrogens with zero attached hydrogens (tertiary/aromatic N) is 2. The highest BCUT2D eigenvalue weighted by molar-refractivity contribution is 5.86. The van der Waals surface area contributed by atoms with Gasteiger partial charge in [0.15, 0.2) is 0 Å². The first-order valence-electron chi connectivity index (χ1n) is 17.5. The molecule has 0 radical (unpaired) electrons. The normalized spacial score (nSPS) is 17.5. The Labute approximate surface area is 280 Å². The van der Waals surface area contributed by atoms with Crippen LogP contribution in [0.25, 0.3) is 21.5 Å². The molecule has 1 aliphatic heterocycles. The zero-order valence-electron chi connectivity index (χ0n) is 28.2. The van der Waals surface area contributed by atoms with Crippen molar-refractivity contribution in [3.63, 3.8) is 0 Å². The van der Waals surface area contributed by atoms with Crippen LogP contribution in [0.4, 0.5) is 0 Å². The molecule has 0 bridgehead atoms. The summed E-state index contributed by atoms with van der Waals surface area (Å²) in [7, 11) is 0. The molecular weight excluding hydrogens is 582 g/mol. The molecule has 47 heavy (non-hydrogen) atoms. The van der Waals surface area contributed by atoms with Crippen molar-refractivity contribution >= 4 is 33.4 Å². The van der Waals surface area contributed by atoms with Crippen molar-refractivity contribution in [3.8, 4) is 0 Å². The molecule has 1 heterocycles. The molecular formula is C40H53N5O2. The quantitative estimate of drug-likeness (QED) is 0.146. The minimum absolute atomic E-state index is 0.0123. The fraction of sp³-hybridized carbons (Fsp3) is 0.450. The lowest BCUT2D eigenvalue weighted by atomic mass is 9.93. The van der Waals surface area contributed by atoms with Crippen LogP contribution in [0.1, 0.15) is 57.1 Å². The topological polar surface area (TPSA) is 105 Å². The first-order chi connectivity index (χ1) is 22.8. The summed E-state index contributed by atoms with van der Waals surface area (Å²) in [5, 5.41) is 8.11. The van der Waals surface area contributed by atoms with Crippen LogP contribution in [-0.4, -0.2) is 72.5 Å². The second-order valence-corrected chi connectivity index (χ2v) is 13.7. The number of rotatable bonds is 15. The van der Waals surface area contributed by atoms with E-state index in [9.17, 15) is 9.59 Å². The third-order valence-corrected chi connectivity index (χ3v) is 9.53. The summed E-state index contributed by atoms with van der Waals surface area (Å²) in [6.45, 7) is 7.77. The maximum absolute atomic E-state index is 14.1. The Kier molecular flexibility index (Phi) is 12.4. The van der Waals surface area contributed by atoms with E-state index in [0.717, 1.165) is 49.7 Å². The number of carbonyl (C=O) groups is 2. The van der Waals surface area contributed by atoms with Gasteiger partial charge in [0.2, 0.25) is 11.8 Å². The number of nitrogens with one attached hydrogen (secondary N) is 1. The van der Waals surface area contributed by atoms with Gasteiger partial charge < -0.3 is 26.6 Å². The molecule has 4 aromatic rings. The fourth-order valence-corrected chi connectivity index (χ4v) is 7.08. The largest absolute Gasteiger partial charge is 0.336 e. The second-order valence-electron chi connectivity index (χ2n) is 13.7. The monoisotopic (exact) mass is 635 g/mol. The highest BCUT2D eigenvalue weighted by Crippen LogP contribution is 2.27. The molecule has 1 fully saturated rings. The van der Waals surface area contributed by atoms with Gasteiger partial charge in [-0.3, -0.25) is 9.59 Å². The number of carbonyl (C=O) groups excluding carboxylic acids is 2. The van der Waals surface area contributed by atoms with E-state index in [4.69, 9.17) is 11.5 Å². The van der Waals surface area contributed by atoms with Gasteiger partial charge in [-0.15, -0.1) is 0 Å². The van der Waals surface area contributed by atoms with Gasteiger partial charge in [0, 0.05) is 44.7 Å². The molecule has 5 N–H and O–H groups in total. The number of unbranched alkanes of at least 4 members (excludes halogenated alkanes) is 1. The van der Waals surface area contributed by atoms with Gasteiger partial charge in [-0.05, 0) is 77.2 Å². The van der Waals surface area contributed by atoms with Crippen LogP contribution < -0.4 is 16.8 Å². The zero-order valence-corrected chi connectivity index (χ0v) is 28.2. The minimum Gasteiger partial charge on any atom is -0.336 e. The highest BCUT2D eigenvalue weighted by Gasteiger charge is 2.39. The Hall–Kier alpha value is -3.78. The van der Waals surface area contributed by atoms with Gasteiger partial charge in [0.05, 0.1) is 6.04 Å². The van der Waals surface area contributed by atoms with Gasteiger partial charge in [0.25, 0.3) is 0 Å². The first-order valence-corrected chi connectivity index (χ1v) is 17.5. The van der Waals surface area contributed by atoms with Crippen molar-refractivity contribution in [1.29, 1.82) is 0 Å². The number of amides is 2. The van der Waals surface area contributed by atoms with Crippen LogP contribution in [0.2, 0.25) is 0 Å². The van der Waals surface area contributed by atoms with Crippen LogP contribution in [0.5, 0.6) is 0 Å². The van der Waals surface area contributed by atoms with E-state index in [1.165, 1.54) is 21.7 Å². The zero-order chi connectivity index (χ0) is 33.2. The Balaban J connectivity index is 1.30. The van der Waals surface area contributed by atoms with E-state index in [2.05, 4.69) is 90.8 Å². The summed E-state index contributed by atoms with van der Waals surface area (Å²) in [6, 6.07) is 28.7. The van der Waals surface area contributed by atoms with E-state index in [0.29, 0.717) is 44.8 Å².